The Bertz CT molecular complexity index is 194. The first kappa shape index (κ1) is 12.5. The van der Waals surface area contributed by atoms with E-state index in [1.807, 2.05) is 0 Å². The first-order chi connectivity index (χ1) is 7.39. The summed E-state index contributed by atoms with van der Waals surface area (Å²) in [5.74, 6) is 0.489. The summed E-state index contributed by atoms with van der Waals surface area (Å²) in [5, 5.41) is 0. The standard InChI is InChI=1S/C14H24O/c15-14-12-10-8-6-4-2-1-3-5-7-9-11-13-14/h1-2H,3-13H2/b2-1-. The van der Waals surface area contributed by atoms with Gasteiger partial charge in [0.1, 0.15) is 5.78 Å². The lowest BCUT2D eigenvalue weighted by molar-refractivity contribution is -0.119. The molecule has 1 aliphatic rings. The number of carbonyl (C=O) groups is 1. The van der Waals surface area contributed by atoms with Crippen molar-refractivity contribution in [1.29, 1.82) is 0 Å². The Morgan fingerprint density at radius 1 is 0.667 bits per heavy atom. The Hall–Kier alpha value is -0.590. The zero-order valence-corrected chi connectivity index (χ0v) is 9.84. The van der Waals surface area contributed by atoms with E-state index in [0.717, 1.165) is 25.7 Å². The van der Waals surface area contributed by atoms with E-state index in [4.69, 9.17) is 0 Å². The van der Waals surface area contributed by atoms with Crippen LogP contribution in [0.4, 0.5) is 0 Å². The van der Waals surface area contributed by atoms with Gasteiger partial charge in [-0.2, -0.15) is 0 Å². The molecule has 0 saturated carbocycles. The topological polar surface area (TPSA) is 17.1 Å². The molecule has 15 heavy (non-hydrogen) atoms. The fourth-order valence-corrected chi connectivity index (χ4v) is 2.06. The fourth-order valence-electron chi connectivity index (χ4n) is 2.06. The zero-order valence-electron chi connectivity index (χ0n) is 9.84. The fraction of sp³-hybridized carbons (Fsp3) is 0.786. The highest BCUT2D eigenvalue weighted by atomic mass is 16.1. The highest BCUT2D eigenvalue weighted by Crippen LogP contribution is 2.11. The first-order valence-corrected chi connectivity index (χ1v) is 6.56. The van der Waals surface area contributed by atoms with E-state index in [-0.39, 0.29) is 0 Å². The molecule has 0 unspecified atom stereocenters. The van der Waals surface area contributed by atoms with Crippen LogP contribution < -0.4 is 0 Å². The van der Waals surface area contributed by atoms with Gasteiger partial charge in [0.25, 0.3) is 0 Å². The second-order valence-electron chi connectivity index (χ2n) is 4.56. The third-order valence-corrected chi connectivity index (χ3v) is 3.07. The van der Waals surface area contributed by atoms with Crippen LogP contribution in [0, 0.1) is 0 Å². The molecular weight excluding hydrogens is 184 g/mol. The molecule has 0 aromatic rings. The molecule has 0 heterocycles. The Labute approximate surface area is 93.9 Å². The van der Waals surface area contributed by atoms with Crippen molar-refractivity contribution < 1.29 is 4.79 Å². The van der Waals surface area contributed by atoms with Crippen LogP contribution in [0.2, 0.25) is 0 Å². The summed E-state index contributed by atoms with van der Waals surface area (Å²) in [6, 6.07) is 0. The van der Waals surface area contributed by atoms with Crippen LogP contribution in [0.5, 0.6) is 0 Å². The van der Waals surface area contributed by atoms with Gasteiger partial charge in [0.15, 0.2) is 0 Å². The van der Waals surface area contributed by atoms with Gasteiger partial charge < -0.3 is 0 Å². The average molecular weight is 208 g/mol. The summed E-state index contributed by atoms with van der Waals surface area (Å²) in [6.45, 7) is 0. The van der Waals surface area contributed by atoms with Gasteiger partial charge in [-0.3, -0.25) is 4.79 Å². The second kappa shape index (κ2) is 8.70. The van der Waals surface area contributed by atoms with Crippen molar-refractivity contribution in [2.45, 2.75) is 70.6 Å². The van der Waals surface area contributed by atoms with Crippen molar-refractivity contribution in [3.8, 4) is 0 Å². The number of hydrogen-bond donors (Lipinski definition) is 0. The van der Waals surface area contributed by atoms with Crippen LogP contribution in [0.1, 0.15) is 70.6 Å². The van der Waals surface area contributed by atoms with Gasteiger partial charge in [-0.25, -0.2) is 0 Å². The lowest BCUT2D eigenvalue weighted by atomic mass is 10.0. The predicted molar refractivity (Wildman–Crippen MR) is 64.9 cm³/mol. The summed E-state index contributed by atoms with van der Waals surface area (Å²) in [6.07, 6.45) is 17.2. The third kappa shape index (κ3) is 7.35. The summed E-state index contributed by atoms with van der Waals surface area (Å²) in [4.78, 5) is 11.4. The minimum Gasteiger partial charge on any atom is -0.300 e. The van der Waals surface area contributed by atoms with Gasteiger partial charge in [-0.1, -0.05) is 31.4 Å². The number of allylic oxidation sites excluding steroid dienone is 2. The van der Waals surface area contributed by atoms with E-state index in [1.165, 1.54) is 44.9 Å². The van der Waals surface area contributed by atoms with E-state index < -0.39 is 0 Å². The molecule has 0 fully saturated rings. The molecule has 0 bridgehead atoms. The molecule has 0 radical (unpaired) electrons. The first-order valence-electron chi connectivity index (χ1n) is 6.56. The van der Waals surface area contributed by atoms with Gasteiger partial charge in [0.2, 0.25) is 0 Å². The van der Waals surface area contributed by atoms with Gasteiger partial charge in [0, 0.05) is 12.8 Å². The SMILES string of the molecule is O=C1CCCCC/C=C\CCCCCC1. The van der Waals surface area contributed by atoms with Crippen molar-refractivity contribution in [2.24, 2.45) is 0 Å². The number of hydrogen-bond acceptors (Lipinski definition) is 1. The van der Waals surface area contributed by atoms with E-state index >= 15 is 0 Å². The minimum absolute atomic E-state index is 0.489. The Balaban J connectivity index is 2.20. The van der Waals surface area contributed by atoms with Crippen molar-refractivity contribution in [2.75, 3.05) is 0 Å². The van der Waals surface area contributed by atoms with Crippen molar-refractivity contribution in [1.82, 2.24) is 0 Å². The van der Waals surface area contributed by atoms with Crippen molar-refractivity contribution in [3.05, 3.63) is 12.2 Å². The molecular formula is C14H24O. The molecule has 0 saturated heterocycles. The lowest BCUT2D eigenvalue weighted by Gasteiger charge is -2.02. The maximum atomic E-state index is 11.4. The number of ketones is 1. The van der Waals surface area contributed by atoms with Crippen molar-refractivity contribution >= 4 is 5.78 Å². The molecule has 1 aliphatic carbocycles. The maximum Gasteiger partial charge on any atom is 0.132 e. The van der Waals surface area contributed by atoms with E-state index in [9.17, 15) is 4.79 Å². The number of rotatable bonds is 0. The van der Waals surface area contributed by atoms with Crippen LogP contribution in [0.15, 0.2) is 12.2 Å². The highest BCUT2D eigenvalue weighted by molar-refractivity contribution is 5.78. The predicted octanol–water partition coefficient (Wildman–Crippen LogP) is 4.42. The average Bonchev–Trinajstić information content (AvgIpc) is 2.24. The molecule has 0 atom stereocenters. The maximum absolute atomic E-state index is 11.4. The van der Waals surface area contributed by atoms with Gasteiger partial charge in [0.05, 0.1) is 0 Å². The number of Topliss-reactive ketones (excluding diaryl/α,β-unsaturated/α-hetero) is 1. The zero-order chi connectivity index (χ0) is 10.8. The Morgan fingerprint density at radius 2 is 1.13 bits per heavy atom. The summed E-state index contributed by atoms with van der Waals surface area (Å²) in [5.41, 5.74) is 0. The molecule has 0 aromatic heterocycles. The molecule has 0 aromatic carbocycles. The molecule has 1 heteroatoms. The molecule has 0 amide bonds. The molecule has 0 N–H and O–H groups in total. The third-order valence-electron chi connectivity index (χ3n) is 3.07. The van der Waals surface area contributed by atoms with Crippen LogP contribution in [0.25, 0.3) is 0 Å². The molecule has 1 nitrogen and oxygen atoms in total. The largest absolute Gasteiger partial charge is 0.300 e. The molecule has 0 aliphatic heterocycles. The van der Waals surface area contributed by atoms with Crippen LogP contribution in [0.3, 0.4) is 0 Å². The monoisotopic (exact) mass is 208 g/mol. The smallest absolute Gasteiger partial charge is 0.132 e. The van der Waals surface area contributed by atoms with Gasteiger partial charge in [-0.15, -0.1) is 0 Å². The summed E-state index contributed by atoms with van der Waals surface area (Å²) >= 11 is 0. The summed E-state index contributed by atoms with van der Waals surface area (Å²) < 4.78 is 0. The van der Waals surface area contributed by atoms with Crippen LogP contribution in [-0.4, -0.2) is 5.78 Å². The van der Waals surface area contributed by atoms with E-state index in [2.05, 4.69) is 12.2 Å². The number of carbonyl (C=O) groups excluding carboxylic acids is 1. The molecule has 86 valence electrons. The van der Waals surface area contributed by atoms with E-state index in [1.54, 1.807) is 0 Å². The normalized spacial score (nSPS) is 24.4. The van der Waals surface area contributed by atoms with Crippen molar-refractivity contribution in [3.63, 3.8) is 0 Å². The van der Waals surface area contributed by atoms with Gasteiger partial charge >= 0.3 is 0 Å². The van der Waals surface area contributed by atoms with Gasteiger partial charge in [-0.05, 0) is 38.5 Å². The summed E-state index contributed by atoms with van der Waals surface area (Å²) in [7, 11) is 0. The van der Waals surface area contributed by atoms with Crippen LogP contribution in [-0.2, 0) is 4.79 Å². The lowest BCUT2D eigenvalue weighted by Crippen LogP contribution is -1.97. The molecule has 0 spiro atoms. The highest BCUT2D eigenvalue weighted by Gasteiger charge is 2.01. The molecule has 1 rings (SSSR count). The Morgan fingerprint density at radius 3 is 1.73 bits per heavy atom. The Kier molecular flexibility index (Phi) is 7.24. The van der Waals surface area contributed by atoms with E-state index in [0.29, 0.717) is 5.78 Å². The van der Waals surface area contributed by atoms with Crippen LogP contribution >= 0.6 is 0 Å². The second-order valence-corrected chi connectivity index (χ2v) is 4.56. The quantitative estimate of drug-likeness (QED) is 0.539. The minimum atomic E-state index is 0.489.